The van der Waals surface area contributed by atoms with E-state index in [1.54, 1.807) is 23.5 Å². The van der Waals surface area contributed by atoms with Gasteiger partial charge >= 0.3 is 0 Å². The Balaban J connectivity index is 1.47. The van der Waals surface area contributed by atoms with E-state index in [0.29, 0.717) is 43.8 Å². The molecule has 0 spiro atoms. The Hall–Kier alpha value is -2.42. The zero-order valence-corrected chi connectivity index (χ0v) is 20.6. The number of amides is 1. The van der Waals surface area contributed by atoms with Crippen molar-refractivity contribution in [2.75, 3.05) is 26.7 Å². The summed E-state index contributed by atoms with van der Waals surface area (Å²) in [6.45, 7) is 1.26. The van der Waals surface area contributed by atoms with Crippen LogP contribution in [-0.4, -0.2) is 51.4 Å². The molecule has 0 radical (unpaired) electrons. The molecule has 1 aliphatic heterocycles. The highest BCUT2D eigenvalue weighted by atomic mass is 32.2. The van der Waals surface area contributed by atoms with Gasteiger partial charge in [-0.25, -0.2) is 0 Å². The Morgan fingerprint density at radius 2 is 1.65 bits per heavy atom. The number of hydrogen-bond acceptors (Lipinski definition) is 4. The number of nitrogens with zero attached hydrogens (tertiary/aromatic N) is 1. The lowest BCUT2D eigenvalue weighted by Crippen LogP contribution is -2.53. The summed E-state index contributed by atoms with van der Waals surface area (Å²) in [5, 5.41) is 3.10. The van der Waals surface area contributed by atoms with Crippen molar-refractivity contribution in [3.05, 3.63) is 65.7 Å². The van der Waals surface area contributed by atoms with E-state index < -0.39 is 10.2 Å². The third kappa shape index (κ3) is 5.62. The molecule has 184 valence electrons. The summed E-state index contributed by atoms with van der Waals surface area (Å²) < 4.78 is 36.0. The molecule has 0 bridgehead atoms. The smallest absolute Gasteiger partial charge is 0.279 e. The van der Waals surface area contributed by atoms with Crippen LogP contribution in [-0.2, 0) is 15.6 Å². The third-order valence-corrected chi connectivity index (χ3v) is 8.94. The summed E-state index contributed by atoms with van der Waals surface area (Å²) in [6, 6.07) is 17.3. The average molecular weight is 486 g/mol. The topological polar surface area (TPSA) is 87.7 Å². The lowest BCUT2D eigenvalue weighted by molar-refractivity contribution is 0.0929. The molecule has 0 atom stereocenters. The molecule has 2 aliphatic rings. The van der Waals surface area contributed by atoms with E-state index >= 15 is 0 Å². The van der Waals surface area contributed by atoms with Crippen LogP contribution in [0.4, 0.5) is 0 Å². The van der Waals surface area contributed by atoms with Crippen LogP contribution < -0.4 is 14.8 Å². The van der Waals surface area contributed by atoms with Crippen LogP contribution >= 0.6 is 0 Å². The third-order valence-electron chi connectivity index (χ3n) is 7.27. The van der Waals surface area contributed by atoms with Crippen molar-refractivity contribution in [2.24, 2.45) is 0 Å². The number of piperidine rings is 1. The quantitative estimate of drug-likeness (QED) is 0.598. The van der Waals surface area contributed by atoms with Gasteiger partial charge in [0.1, 0.15) is 5.75 Å². The highest BCUT2D eigenvalue weighted by Gasteiger charge is 2.40. The van der Waals surface area contributed by atoms with Crippen molar-refractivity contribution in [1.29, 1.82) is 0 Å². The van der Waals surface area contributed by atoms with E-state index in [2.05, 4.69) is 22.2 Å². The van der Waals surface area contributed by atoms with Gasteiger partial charge in [0.15, 0.2) is 0 Å². The van der Waals surface area contributed by atoms with E-state index in [1.807, 2.05) is 30.3 Å². The van der Waals surface area contributed by atoms with Gasteiger partial charge in [-0.05, 0) is 43.4 Å². The zero-order valence-electron chi connectivity index (χ0n) is 19.8. The molecule has 2 aromatic carbocycles. The first-order chi connectivity index (χ1) is 16.4. The predicted molar refractivity (Wildman–Crippen MR) is 133 cm³/mol. The Morgan fingerprint density at radius 1 is 1.00 bits per heavy atom. The lowest BCUT2D eigenvalue weighted by atomic mass is 9.73. The number of benzene rings is 2. The number of ether oxygens (including phenoxy) is 1. The fourth-order valence-electron chi connectivity index (χ4n) is 5.20. The molecular formula is C26H35N3O4S. The molecule has 8 heteroatoms. The van der Waals surface area contributed by atoms with Gasteiger partial charge in [-0.3, -0.25) is 4.79 Å². The molecule has 2 N–H and O–H groups in total. The van der Waals surface area contributed by atoms with E-state index in [0.717, 1.165) is 31.2 Å². The molecule has 1 aliphatic carbocycles. The largest absolute Gasteiger partial charge is 0.496 e. The van der Waals surface area contributed by atoms with Crippen molar-refractivity contribution in [3.8, 4) is 5.75 Å². The molecule has 0 aromatic heterocycles. The molecule has 7 nitrogen and oxygen atoms in total. The second-order valence-corrected chi connectivity index (χ2v) is 11.1. The number of rotatable bonds is 8. The summed E-state index contributed by atoms with van der Waals surface area (Å²) in [5.74, 6) is 0.338. The minimum absolute atomic E-state index is 0.0414. The predicted octanol–water partition coefficient (Wildman–Crippen LogP) is 3.63. The van der Waals surface area contributed by atoms with Gasteiger partial charge in [0.2, 0.25) is 0 Å². The van der Waals surface area contributed by atoms with Crippen molar-refractivity contribution in [3.63, 3.8) is 0 Å². The molecule has 1 saturated carbocycles. The molecular weight excluding hydrogens is 450 g/mol. The van der Waals surface area contributed by atoms with Crippen LogP contribution in [0.15, 0.2) is 54.6 Å². The minimum Gasteiger partial charge on any atom is -0.496 e. The Bertz CT molecular complexity index is 1060. The summed E-state index contributed by atoms with van der Waals surface area (Å²) in [7, 11) is -1.97. The lowest BCUT2D eigenvalue weighted by Gasteiger charge is -2.42. The average Bonchev–Trinajstić information content (AvgIpc) is 2.88. The van der Waals surface area contributed by atoms with Gasteiger partial charge in [0.25, 0.3) is 16.1 Å². The van der Waals surface area contributed by atoms with Gasteiger partial charge in [0, 0.05) is 31.1 Å². The Labute approximate surface area is 203 Å². The van der Waals surface area contributed by atoms with E-state index in [9.17, 15) is 13.2 Å². The molecule has 2 fully saturated rings. The first-order valence-corrected chi connectivity index (χ1v) is 13.6. The van der Waals surface area contributed by atoms with Crippen LogP contribution in [0.25, 0.3) is 0 Å². The number of methoxy groups -OCH3 is 1. The van der Waals surface area contributed by atoms with Crippen LogP contribution in [0, 0.1) is 0 Å². The fraction of sp³-hybridized carbons (Fsp3) is 0.500. The maximum atomic E-state index is 13.1. The van der Waals surface area contributed by atoms with Gasteiger partial charge in [0.05, 0.1) is 12.7 Å². The SMILES string of the molecule is COc1ccccc1C(=O)NCC1(c2ccccc2)CCN(S(=O)(=O)NC2CCCCC2)CC1. The number of nitrogens with one attached hydrogen (secondary N) is 2. The number of para-hydroxylation sites is 1. The Morgan fingerprint density at radius 3 is 2.32 bits per heavy atom. The standard InChI is InChI=1S/C26H35N3O4S/c1-33-24-15-9-8-14-23(24)25(30)27-20-26(21-10-4-2-5-11-21)16-18-29(19-17-26)34(31,32)28-22-12-6-3-7-13-22/h2,4-5,8-11,14-15,22,28H,3,6-7,12-13,16-20H2,1H3,(H,27,30). The van der Waals surface area contributed by atoms with Crippen molar-refractivity contribution >= 4 is 16.1 Å². The second-order valence-electron chi connectivity index (χ2n) is 9.39. The van der Waals surface area contributed by atoms with Crippen molar-refractivity contribution in [2.45, 2.75) is 56.4 Å². The molecule has 1 heterocycles. The number of hydrogen-bond donors (Lipinski definition) is 2. The van der Waals surface area contributed by atoms with Gasteiger partial charge in [-0.15, -0.1) is 0 Å². The van der Waals surface area contributed by atoms with Crippen molar-refractivity contribution in [1.82, 2.24) is 14.3 Å². The zero-order chi connectivity index (χ0) is 24.0. The van der Waals surface area contributed by atoms with E-state index in [1.165, 1.54) is 6.42 Å². The van der Waals surface area contributed by atoms with E-state index in [4.69, 9.17) is 4.74 Å². The minimum atomic E-state index is -3.52. The molecule has 4 rings (SSSR count). The summed E-state index contributed by atoms with van der Waals surface area (Å²) >= 11 is 0. The van der Waals surface area contributed by atoms with Crippen molar-refractivity contribution < 1.29 is 17.9 Å². The molecule has 0 unspecified atom stereocenters. The maximum absolute atomic E-state index is 13.1. The molecule has 1 saturated heterocycles. The normalized spacial score (nSPS) is 19.4. The highest BCUT2D eigenvalue weighted by molar-refractivity contribution is 7.87. The summed E-state index contributed by atoms with van der Waals surface area (Å²) in [4.78, 5) is 13.0. The van der Waals surface area contributed by atoms with Crippen LogP contribution in [0.5, 0.6) is 5.75 Å². The first kappa shape index (κ1) is 24.7. The summed E-state index contributed by atoms with van der Waals surface area (Å²) in [6.07, 6.45) is 6.43. The number of carbonyl (C=O) groups is 1. The second kappa shape index (κ2) is 10.9. The molecule has 2 aromatic rings. The fourth-order valence-corrected chi connectivity index (χ4v) is 6.67. The summed E-state index contributed by atoms with van der Waals surface area (Å²) in [5.41, 5.74) is 1.27. The monoisotopic (exact) mass is 485 g/mol. The van der Waals surface area contributed by atoms with E-state index in [-0.39, 0.29) is 17.4 Å². The van der Waals surface area contributed by atoms with Crippen LogP contribution in [0.3, 0.4) is 0 Å². The maximum Gasteiger partial charge on any atom is 0.279 e. The van der Waals surface area contributed by atoms with Gasteiger partial charge in [-0.1, -0.05) is 61.7 Å². The first-order valence-electron chi connectivity index (χ1n) is 12.2. The van der Waals surface area contributed by atoms with Gasteiger partial charge < -0.3 is 10.1 Å². The molecule has 1 amide bonds. The van der Waals surface area contributed by atoms with Crippen LogP contribution in [0.1, 0.15) is 60.9 Å². The van der Waals surface area contributed by atoms with Crippen LogP contribution in [0.2, 0.25) is 0 Å². The highest BCUT2D eigenvalue weighted by Crippen LogP contribution is 2.36. The number of carbonyl (C=O) groups excluding carboxylic acids is 1. The molecule has 34 heavy (non-hydrogen) atoms. The van der Waals surface area contributed by atoms with Gasteiger partial charge in [-0.2, -0.15) is 17.4 Å². The Kier molecular flexibility index (Phi) is 7.91.